The summed E-state index contributed by atoms with van der Waals surface area (Å²) in [5.74, 6) is -32.1. The lowest BCUT2D eigenvalue weighted by atomic mass is 9.96. The summed E-state index contributed by atoms with van der Waals surface area (Å²) in [6.07, 6.45) is -8.44. The molecule has 0 aromatic heterocycles. The predicted molar refractivity (Wildman–Crippen MR) is 485 cm³/mol. The van der Waals surface area contributed by atoms with E-state index >= 15 is 0 Å². The molecule has 139 heavy (non-hydrogen) atoms. The van der Waals surface area contributed by atoms with Crippen molar-refractivity contribution in [3.63, 3.8) is 0 Å². The number of carbonyl (C=O) groups excluding carboxylic acids is 18. The Morgan fingerprint density at radius 1 is 0.388 bits per heavy atom. The van der Waals surface area contributed by atoms with Crippen LogP contribution in [0.2, 0.25) is 0 Å². The van der Waals surface area contributed by atoms with Gasteiger partial charge in [0.15, 0.2) is 0 Å². The normalized spacial score (nSPS) is 17.0. The molecule has 0 bridgehead atoms. The average Bonchev–Trinajstić information content (AvgIpc) is 1.51. The number of aliphatic carboxylic acids is 6. The van der Waals surface area contributed by atoms with E-state index in [1.165, 1.54) is 38.1 Å². The van der Waals surface area contributed by atoms with E-state index in [9.17, 15) is 156 Å². The highest BCUT2D eigenvalue weighted by Gasteiger charge is 2.45. The molecule has 776 valence electrons. The molecular formula is C87H136N20O32. The van der Waals surface area contributed by atoms with E-state index in [1.54, 1.807) is 41.5 Å². The molecule has 2 fully saturated rings. The number of aliphatic hydroxyl groups is 1. The van der Waals surface area contributed by atoms with Crippen LogP contribution in [0.3, 0.4) is 0 Å². The zero-order valence-electron chi connectivity index (χ0n) is 78.9. The summed E-state index contributed by atoms with van der Waals surface area (Å²) < 4.78 is 0. The molecule has 0 unspecified atom stereocenters. The molecular weight excluding hydrogens is 1840 g/mol. The summed E-state index contributed by atoms with van der Waals surface area (Å²) >= 11 is 0. The van der Waals surface area contributed by atoms with Crippen molar-refractivity contribution in [1.29, 1.82) is 0 Å². The Kier molecular flexibility index (Phi) is 51.5. The zero-order valence-corrected chi connectivity index (χ0v) is 78.9. The van der Waals surface area contributed by atoms with Gasteiger partial charge < -0.3 is 148 Å². The smallest absolute Gasteiger partial charge is 0.326 e. The molecule has 2 saturated heterocycles. The van der Waals surface area contributed by atoms with Crippen LogP contribution in [0.1, 0.15) is 209 Å². The number of rotatable bonds is 65. The van der Waals surface area contributed by atoms with Crippen LogP contribution in [0.15, 0.2) is 24.3 Å². The first-order valence-corrected chi connectivity index (χ1v) is 45.9. The number of nitrogens with two attached hydrogens (primary N) is 4. The van der Waals surface area contributed by atoms with Crippen LogP contribution < -0.4 is 97.4 Å². The Hall–Kier alpha value is -13.8. The topological polar surface area (TPSA) is 851 Å². The molecule has 52 nitrogen and oxygen atoms in total. The van der Waals surface area contributed by atoms with Crippen LogP contribution in [-0.2, 0) is 121 Å². The fraction of sp³-hybridized carbons (Fsp3) is 0.655. The highest BCUT2D eigenvalue weighted by atomic mass is 16.4. The second-order valence-corrected chi connectivity index (χ2v) is 34.8. The number of phenolic OH excluding ortho intramolecular Hbond substituents is 1. The third kappa shape index (κ3) is 41.6. The van der Waals surface area contributed by atoms with E-state index in [4.69, 9.17) is 22.9 Å². The quantitative estimate of drug-likeness (QED) is 0.0270. The standard InChI is InChI=1S/C87H136N20O32/c1-9-43(6)69(91)82(133)101-56(39-68(121)122)78(129)102-57(36-42(4)5)86(137)107-35-15-17-59(107)80(131)96-50(25-30-64(113)114)74(125)99-54(37-46-19-21-47(109)22-20-46)76(127)94-48(23-28-61(89)110)72(123)92-40-63(112)93-52(27-32-66(117)118)85(136)106-34-14-18-60(106)81(132)100-55(38-67(119)120)77(128)95-51(26-31-65(115)116)75(126)104-71(45(8)11-3)84(135)103-58(41-108)79(130)105-70(44(7)10-2)83(134)97-49(24-29-62(90)111)73(124)98-53(87(138)139)16-12-13-33-88/h19-22,42-45,48-60,69-71,108-109H,9-18,23-41,88,91H2,1-8H3,(H2,89,110)(H2,90,111)(H,92,123)(H,93,112)(H,94,127)(H,95,128)(H,96,131)(H,97,134)(H,98,124)(H,99,125)(H,100,132)(H,101,133)(H,102,129)(H,103,135)(H,104,126)(H,105,130)(H,113,114)(H,115,116)(H,117,118)(H,119,120)(H,121,122)(H,138,139)/t43-,44-,45-,48-,49-,50-,51-,52-,53-,54-,55-,56-,57-,58-,59-,60-,69-,70-,71-/m0/s1. The molecule has 2 heterocycles. The molecule has 0 radical (unpaired) electrons. The van der Waals surface area contributed by atoms with Gasteiger partial charge in [-0.05, 0) is 131 Å². The SMILES string of the molecule is CC[C@H](C)[C@H](N)C(=O)N[C@@H](CC(=O)O)C(=O)N[C@@H](CC(C)C)C(=O)N1CCC[C@H]1C(=O)N[C@@H](CCC(=O)O)C(=O)N[C@@H](Cc1ccc(O)cc1)C(=O)N[C@@H](CCC(N)=O)C(=O)NCC(=O)N[C@@H](CCC(=O)O)C(=O)N1CCC[C@H]1C(=O)N[C@@H](CC(=O)O)C(=O)N[C@@H](CCC(=O)O)C(=O)N[C@H](C(=O)N[C@@H](CO)C(=O)N[C@H](C(=O)N[C@@H](CCC(N)=O)C(=O)N[C@@H](CCCCN)C(=O)O)[C@@H](C)CC)[C@@H](C)CC. The zero-order chi connectivity index (χ0) is 105. The first kappa shape index (κ1) is 119. The van der Waals surface area contributed by atoms with Gasteiger partial charge in [-0.3, -0.25) is 110 Å². The summed E-state index contributed by atoms with van der Waals surface area (Å²) in [6.45, 7) is 10.4. The van der Waals surface area contributed by atoms with Gasteiger partial charge in [-0.25, -0.2) is 4.79 Å². The number of aromatic hydroxyl groups is 1. The molecule has 52 heteroatoms. The molecule has 18 amide bonds. The lowest BCUT2D eigenvalue weighted by Crippen LogP contribution is -2.62. The Morgan fingerprint density at radius 3 is 1.17 bits per heavy atom. The van der Waals surface area contributed by atoms with Crippen molar-refractivity contribution in [3.05, 3.63) is 29.8 Å². The molecule has 0 saturated carbocycles. The molecule has 1 aromatic carbocycles. The van der Waals surface area contributed by atoms with Crippen molar-refractivity contribution in [2.45, 2.75) is 306 Å². The lowest BCUT2D eigenvalue weighted by Gasteiger charge is -2.31. The minimum absolute atomic E-state index is 0.00876. The molecule has 2 aliphatic heterocycles. The maximum absolute atomic E-state index is 14.7. The van der Waals surface area contributed by atoms with E-state index < -0.39 is 347 Å². The van der Waals surface area contributed by atoms with Crippen molar-refractivity contribution in [3.8, 4) is 5.75 Å². The third-order valence-corrected chi connectivity index (χ3v) is 23.4. The highest BCUT2D eigenvalue weighted by Crippen LogP contribution is 2.25. The van der Waals surface area contributed by atoms with Gasteiger partial charge in [-0.15, -0.1) is 0 Å². The largest absolute Gasteiger partial charge is 0.508 e. The van der Waals surface area contributed by atoms with E-state index in [0.29, 0.717) is 19.3 Å². The number of aliphatic hydroxyl groups excluding tert-OH is 1. The van der Waals surface area contributed by atoms with Gasteiger partial charge in [-0.1, -0.05) is 86.8 Å². The van der Waals surface area contributed by atoms with Gasteiger partial charge >= 0.3 is 35.8 Å². The third-order valence-electron chi connectivity index (χ3n) is 23.4. The van der Waals surface area contributed by atoms with Crippen LogP contribution >= 0.6 is 0 Å². The summed E-state index contributed by atoms with van der Waals surface area (Å²) in [5.41, 5.74) is 22.6. The number of hydrogen-bond acceptors (Lipinski definition) is 28. The number of nitrogens with zero attached hydrogens (tertiary/aromatic N) is 2. The molecule has 3 rings (SSSR count). The number of benzene rings is 1. The number of carbonyl (C=O) groups is 24. The lowest BCUT2D eigenvalue weighted by molar-refractivity contribution is -0.145. The van der Waals surface area contributed by atoms with Crippen LogP contribution in [0, 0.1) is 23.7 Å². The van der Waals surface area contributed by atoms with E-state index in [1.807, 2.05) is 0 Å². The Balaban J connectivity index is 1.92. The molecule has 0 spiro atoms. The van der Waals surface area contributed by atoms with E-state index in [2.05, 4.69) is 74.4 Å². The number of nitrogens with one attached hydrogen (secondary N) is 14. The first-order chi connectivity index (χ1) is 65.3. The van der Waals surface area contributed by atoms with Gasteiger partial charge in [0.25, 0.3) is 0 Å². The second-order valence-electron chi connectivity index (χ2n) is 34.8. The summed E-state index contributed by atoms with van der Waals surface area (Å²) in [5, 5.41) is 112. The predicted octanol–water partition coefficient (Wildman–Crippen LogP) is -6.87. The first-order valence-electron chi connectivity index (χ1n) is 45.9. The highest BCUT2D eigenvalue weighted by molar-refractivity contribution is 6.02. The van der Waals surface area contributed by atoms with Crippen LogP contribution in [-0.4, -0.2) is 322 Å². The number of amides is 18. The minimum atomic E-state index is -2.17. The van der Waals surface area contributed by atoms with Gasteiger partial charge in [0, 0.05) is 51.6 Å². The van der Waals surface area contributed by atoms with E-state index in [0.717, 1.165) is 9.80 Å². The Morgan fingerprint density at radius 2 is 0.748 bits per heavy atom. The maximum Gasteiger partial charge on any atom is 0.326 e. The van der Waals surface area contributed by atoms with Crippen molar-refractivity contribution < 1.29 is 156 Å². The Bertz CT molecular complexity index is 4500. The summed E-state index contributed by atoms with van der Waals surface area (Å²) in [6, 6.07) is -22.1. The number of phenols is 1. The van der Waals surface area contributed by atoms with Crippen molar-refractivity contribution in [2.24, 2.45) is 46.6 Å². The number of likely N-dealkylation sites (tertiary alicyclic amines) is 2. The van der Waals surface area contributed by atoms with E-state index in [-0.39, 0.29) is 94.1 Å². The molecule has 19 atom stereocenters. The monoisotopic (exact) mass is 1970 g/mol. The maximum atomic E-state index is 14.7. The van der Waals surface area contributed by atoms with Crippen molar-refractivity contribution in [2.75, 3.05) is 32.8 Å². The van der Waals surface area contributed by atoms with Gasteiger partial charge in [0.2, 0.25) is 106 Å². The van der Waals surface area contributed by atoms with Crippen LogP contribution in [0.4, 0.5) is 0 Å². The minimum Gasteiger partial charge on any atom is -0.508 e. The van der Waals surface area contributed by atoms with Gasteiger partial charge in [0.05, 0.1) is 32.0 Å². The number of carboxylic acids is 6. The van der Waals surface area contributed by atoms with Crippen molar-refractivity contribution >= 4 is 142 Å². The number of unbranched alkanes of at least 4 members (excludes halogenated alkanes) is 1. The fourth-order valence-electron chi connectivity index (χ4n) is 14.8. The molecule has 30 N–H and O–H groups in total. The van der Waals surface area contributed by atoms with Gasteiger partial charge in [-0.2, -0.15) is 0 Å². The summed E-state index contributed by atoms with van der Waals surface area (Å²) in [7, 11) is 0. The number of primary amides is 2. The molecule has 0 aliphatic carbocycles. The molecule has 2 aliphatic rings. The van der Waals surface area contributed by atoms with Crippen LogP contribution in [0.5, 0.6) is 5.75 Å². The number of carboxylic acid groups (broad SMARTS) is 6. The van der Waals surface area contributed by atoms with Crippen molar-refractivity contribution in [1.82, 2.24) is 84.2 Å². The summed E-state index contributed by atoms with van der Waals surface area (Å²) in [4.78, 5) is 326. The molecule has 1 aromatic rings. The second kappa shape index (κ2) is 60.0. The van der Waals surface area contributed by atoms with Crippen LogP contribution in [0.25, 0.3) is 0 Å². The number of hydrogen-bond donors (Lipinski definition) is 26. The fourth-order valence-corrected chi connectivity index (χ4v) is 14.8. The van der Waals surface area contributed by atoms with Gasteiger partial charge in [0.1, 0.15) is 96.4 Å². The Labute approximate surface area is 800 Å². The average molecular weight is 1970 g/mol.